The lowest BCUT2D eigenvalue weighted by Crippen LogP contribution is -2.45. The second kappa shape index (κ2) is 10.7. The molecule has 25 heavy (non-hydrogen) atoms. The quantitative estimate of drug-likeness (QED) is 0.371. The molecule has 1 aromatic rings. The minimum Gasteiger partial charge on any atom is -0.454 e. The molecule has 1 aliphatic heterocycles. The Balaban J connectivity index is 0.00000312. The number of guanidine groups is 1. The topological polar surface area (TPSA) is 58.1 Å². The van der Waals surface area contributed by atoms with E-state index in [0.717, 1.165) is 36.0 Å². The Bertz CT molecular complexity index is 564. The maximum absolute atomic E-state index is 5.41. The number of nitrogens with one attached hydrogen (secondary N) is 2. The molecule has 2 rings (SSSR count). The average molecular weight is 462 g/mol. The lowest BCUT2D eigenvalue weighted by molar-refractivity contribution is 0.174. The molecule has 142 valence electrons. The molecule has 0 saturated heterocycles. The van der Waals surface area contributed by atoms with Gasteiger partial charge in [0, 0.05) is 26.2 Å². The van der Waals surface area contributed by atoms with E-state index in [4.69, 9.17) is 9.47 Å². The van der Waals surface area contributed by atoms with Crippen molar-refractivity contribution in [3.8, 4) is 11.5 Å². The molecule has 6 nitrogen and oxygen atoms in total. The molecule has 1 atom stereocenters. The average Bonchev–Trinajstić information content (AvgIpc) is 3.00. The first-order valence-corrected chi connectivity index (χ1v) is 8.49. The normalized spacial score (nSPS) is 14.4. The Hall–Kier alpha value is -1.22. The zero-order chi connectivity index (χ0) is 17.5. The van der Waals surface area contributed by atoms with Gasteiger partial charge in [-0.25, -0.2) is 0 Å². The lowest BCUT2D eigenvalue weighted by atomic mass is 10.0. The van der Waals surface area contributed by atoms with E-state index < -0.39 is 0 Å². The summed E-state index contributed by atoms with van der Waals surface area (Å²) in [4.78, 5) is 6.57. The number of nitrogens with zero attached hydrogens (tertiary/aromatic N) is 2. The number of hydrogen-bond donors (Lipinski definition) is 2. The smallest absolute Gasteiger partial charge is 0.231 e. The van der Waals surface area contributed by atoms with Gasteiger partial charge in [-0.15, -0.1) is 24.0 Å². The fraction of sp³-hybridized carbons (Fsp3) is 0.611. The fourth-order valence-electron chi connectivity index (χ4n) is 2.69. The number of likely N-dealkylation sites (N-methyl/N-ethyl adjacent to an activating group) is 1. The van der Waals surface area contributed by atoms with Crippen LogP contribution < -0.4 is 20.1 Å². The van der Waals surface area contributed by atoms with Crippen molar-refractivity contribution in [1.82, 2.24) is 15.5 Å². The Labute approximate surface area is 168 Å². The highest BCUT2D eigenvalue weighted by molar-refractivity contribution is 14.0. The molecule has 0 spiro atoms. The first-order valence-electron chi connectivity index (χ1n) is 8.49. The van der Waals surface area contributed by atoms with Crippen LogP contribution in [0.3, 0.4) is 0 Å². The summed E-state index contributed by atoms with van der Waals surface area (Å²) in [5.74, 6) is 3.09. The molecule has 1 aliphatic rings. The van der Waals surface area contributed by atoms with Crippen LogP contribution in [-0.4, -0.2) is 51.4 Å². The van der Waals surface area contributed by atoms with E-state index in [1.807, 2.05) is 18.2 Å². The summed E-state index contributed by atoms with van der Waals surface area (Å²) in [5.41, 5.74) is 1.13. The van der Waals surface area contributed by atoms with Gasteiger partial charge in [-0.1, -0.05) is 19.9 Å². The van der Waals surface area contributed by atoms with Gasteiger partial charge < -0.3 is 25.0 Å². The molecule has 0 aromatic heterocycles. The van der Waals surface area contributed by atoms with Gasteiger partial charge in [0.15, 0.2) is 17.5 Å². The molecule has 1 aromatic carbocycles. The van der Waals surface area contributed by atoms with Crippen LogP contribution in [0.25, 0.3) is 0 Å². The predicted molar refractivity (Wildman–Crippen MR) is 113 cm³/mol. The Morgan fingerprint density at radius 1 is 1.20 bits per heavy atom. The van der Waals surface area contributed by atoms with Crippen LogP contribution in [0.5, 0.6) is 11.5 Å². The third kappa shape index (κ3) is 6.89. The van der Waals surface area contributed by atoms with Gasteiger partial charge in [-0.2, -0.15) is 0 Å². The van der Waals surface area contributed by atoms with Gasteiger partial charge in [-0.3, -0.25) is 4.99 Å². The van der Waals surface area contributed by atoms with Crippen LogP contribution in [0.15, 0.2) is 23.2 Å². The highest BCUT2D eigenvalue weighted by Gasteiger charge is 2.15. The van der Waals surface area contributed by atoms with Crippen LogP contribution >= 0.6 is 24.0 Å². The Morgan fingerprint density at radius 2 is 1.92 bits per heavy atom. The van der Waals surface area contributed by atoms with Crippen LogP contribution in [0, 0.1) is 5.92 Å². The molecule has 7 heteroatoms. The van der Waals surface area contributed by atoms with Crippen LogP contribution in [0.4, 0.5) is 0 Å². The van der Waals surface area contributed by atoms with Crippen molar-refractivity contribution in [2.75, 3.05) is 34.5 Å². The van der Waals surface area contributed by atoms with E-state index in [2.05, 4.69) is 48.5 Å². The second-order valence-corrected chi connectivity index (χ2v) is 6.74. The molecular weight excluding hydrogens is 431 g/mol. The largest absolute Gasteiger partial charge is 0.454 e. The number of ether oxygens (including phenoxy) is 2. The van der Waals surface area contributed by atoms with E-state index in [0.29, 0.717) is 25.3 Å². The SMILES string of the molecule is CN=C(NCc1ccc2c(c1)OCO2)NCC(CC(C)C)N(C)C.I. The van der Waals surface area contributed by atoms with Crippen molar-refractivity contribution >= 4 is 29.9 Å². The van der Waals surface area contributed by atoms with Crippen molar-refractivity contribution < 1.29 is 9.47 Å². The van der Waals surface area contributed by atoms with Gasteiger partial charge in [0.25, 0.3) is 0 Å². The number of hydrogen-bond acceptors (Lipinski definition) is 4. The molecule has 0 bridgehead atoms. The molecular formula is C18H31IN4O2. The number of aliphatic imine (C=N–C) groups is 1. The highest BCUT2D eigenvalue weighted by atomic mass is 127. The van der Waals surface area contributed by atoms with Crippen molar-refractivity contribution in [3.05, 3.63) is 23.8 Å². The zero-order valence-corrected chi connectivity index (χ0v) is 18.2. The first kappa shape index (κ1) is 21.8. The predicted octanol–water partition coefficient (Wildman–Crippen LogP) is 2.67. The minimum atomic E-state index is 0. The number of halogens is 1. The van der Waals surface area contributed by atoms with Crippen molar-refractivity contribution in [2.24, 2.45) is 10.9 Å². The summed E-state index contributed by atoms with van der Waals surface area (Å²) < 4.78 is 10.7. The summed E-state index contributed by atoms with van der Waals surface area (Å²) in [7, 11) is 6.04. The first-order chi connectivity index (χ1) is 11.5. The standard InChI is InChI=1S/C18H30N4O2.HI/c1-13(2)8-15(22(4)5)11-21-18(19-3)20-10-14-6-7-16-17(9-14)24-12-23-16;/h6-7,9,13,15H,8,10-12H2,1-5H3,(H2,19,20,21);1H. The summed E-state index contributed by atoms with van der Waals surface area (Å²) in [5, 5.41) is 6.77. The molecule has 0 amide bonds. The third-order valence-electron chi connectivity index (χ3n) is 4.10. The van der Waals surface area contributed by atoms with Crippen molar-refractivity contribution in [3.63, 3.8) is 0 Å². The van der Waals surface area contributed by atoms with Crippen LogP contribution in [-0.2, 0) is 6.54 Å². The molecule has 1 heterocycles. The Morgan fingerprint density at radius 3 is 2.56 bits per heavy atom. The lowest BCUT2D eigenvalue weighted by Gasteiger charge is -2.27. The van der Waals surface area contributed by atoms with Gasteiger partial charge in [0.1, 0.15) is 0 Å². The summed E-state index contributed by atoms with van der Waals surface area (Å²) in [6, 6.07) is 6.47. The van der Waals surface area contributed by atoms with E-state index in [-0.39, 0.29) is 24.0 Å². The monoisotopic (exact) mass is 462 g/mol. The number of fused-ring (bicyclic) bond motifs is 1. The van der Waals surface area contributed by atoms with Gasteiger partial charge in [0.2, 0.25) is 6.79 Å². The zero-order valence-electron chi connectivity index (χ0n) is 15.8. The van der Waals surface area contributed by atoms with Crippen LogP contribution in [0.2, 0.25) is 0 Å². The van der Waals surface area contributed by atoms with E-state index in [1.54, 1.807) is 7.05 Å². The summed E-state index contributed by atoms with van der Waals surface area (Å²) in [6.07, 6.45) is 1.15. The van der Waals surface area contributed by atoms with E-state index in [9.17, 15) is 0 Å². The summed E-state index contributed by atoms with van der Waals surface area (Å²) >= 11 is 0. The molecule has 2 N–H and O–H groups in total. The molecule has 0 fully saturated rings. The number of rotatable bonds is 7. The van der Waals surface area contributed by atoms with Crippen molar-refractivity contribution in [1.29, 1.82) is 0 Å². The minimum absolute atomic E-state index is 0. The van der Waals surface area contributed by atoms with Gasteiger partial charge in [0.05, 0.1) is 0 Å². The highest BCUT2D eigenvalue weighted by Crippen LogP contribution is 2.32. The van der Waals surface area contributed by atoms with E-state index in [1.165, 1.54) is 0 Å². The molecule has 1 unspecified atom stereocenters. The fourth-order valence-corrected chi connectivity index (χ4v) is 2.69. The van der Waals surface area contributed by atoms with Crippen molar-refractivity contribution in [2.45, 2.75) is 32.9 Å². The summed E-state index contributed by atoms with van der Waals surface area (Å²) in [6.45, 7) is 6.36. The molecule has 0 radical (unpaired) electrons. The maximum Gasteiger partial charge on any atom is 0.231 e. The van der Waals surface area contributed by atoms with Gasteiger partial charge >= 0.3 is 0 Å². The number of benzene rings is 1. The maximum atomic E-state index is 5.41. The van der Waals surface area contributed by atoms with Crippen LogP contribution in [0.1, 0.15) is 25.8 Å². The van der Waals surface area contributed by atoms with Gasteiger partial charge in [-0.05, 0) is 44.1 Å². The van der Waals surface area contributed by atoms with E-state index >= 15 is 0 Å². The Kier molecular flexibility index (Phi) is 9.34. The second-order valence-electron chi connectivity index (χ2n) is 6.74. The molecule has 0 aliphatic carbocycles. The third-order valence-corrected chi connectivity index (χ3v) is 4.10. The molecule has 0 saturated carbocycles.